The van der Waals surface area contributed by atoms with E-state index in [1.807, 2.05) is 30.3 Å². The summed E-state index contributed by atoms with van der Waals surface area (Å²) in [5.41, 5.74) is 1.30. The summed E-state index contributed by atoms with van der Waals surface area (Å²) in [5.74, 6) is -0.805. The Labute approximate surface area is 228 Å². The zero-order valence-electron chi connectivity index (χ0n) is 21.5. The van der Waals surface area contributed by atoms with Gasteiger partial charge in [-0.05, 0) is 18.9 Å². The number of carbonyl (C=O) groups excluding carboxylic acids is 3. The van der Waals surface area contributed by atoms with Gasteiger partial charge >= 0.3 is 0 Å². The van der Waals surface area contributed by atoms with Crippen LogP contribution in [0.3, 0.4) is 0 Å². The first-order valence-electron chi connectivity index (χ1n) is 12.8. The van der Waals surface area contributed by atoms with Crippen molar-refractivity contribution in [3.8, 4) is 0 Å². The highest BCUT2D eigenvalue weighted by Gasteiger charge is 2.28. The molecule has 2 aromatic carbocycles. The van der Waals surface area contributed by atoms with Crippen LogP contribution >= 0.6 is 11.3 Å². The number of aliphatic hydroxyl groups is 1. The van der Waals surface area contributed by atoms with Crippen LogP contribution in [-0.2, 0) is 22.7 Å². The number of pyridine rings is 1. The first-order chi connectivity index (χ1) is 18.9. The second-order valence-electron chi connectivity index (χ2n) is 9.53. The Bertz CT molecular complexity index is 1600. The maximum Gasteiger partial charge on any atom is 0.261 e. The maximum absolute atomic E-state index is 13.9. The summed E-state index contributed by atoms with van der Waals surface area (Å²) >= 11 is 1.25. The molecule has 202 valence electrons. The molecule has 0 spiro atoms. The van der Waals surface area contributed by atoms with Gasteiger partial charge in [0.05, 0.1) is 33.6 Å². The van der Waals surface area contributed by atoms with Crippen molar-refractivity contribution in [2.24, 2.45) is 0 Å². The molecule has 4 aromatic rings. The summed E-state index contributed by atoms with van der Waals surface area (Å²) in [6.45, 7) is 0.307. The minimum Gasteiger partial charge on any atom is -0.387 e. The molecule has 1 fully saturated rings. The molecule has 0 unspecified atom stereocenters. The van der Waals surface area contributed by atoms with Gasteiger partial charge in [-0.15, -0.1) is 11.3 Å². The summed E-state index contributed by atoms with van der Waals surface area (Å²) in [6, 6.07) is 16.1. The van der Waals surface area contributed by atoms with Gasteiger partial charge in [-0.2, -0.15) is 0 Å². The van der Waals surface area contributed by atoms with Crippen molar-refractivity contribution < 1.29 is 24.2 Å². The Morgan fingerprint density at radius 3 is 2.44 bits per heavy atom. The van der Waals surface area contributed by atoms with E-state index < -0.39 is 6.61 Å². The molecule has 1 aliphatic rings. The Kier molecular flexibility index (Phi) is 7.87. The van der Waals surface area contributed by atoms with E-state index in [2.05, 4.69) is 5.32 Å². The fraction of sp³-hybridized carbons (Fsp3) is 0.310. The number of fused-ring (bicyclic) bond motifs is 3. The van der Waals surface area contributed by atoms with Crippen molar-refractivity contribution in [2.45, 2.75) is 32.0 Å². The normalized spacial score (nSPS) is 14.2. The number of rotatable bonds is 8. The molecule has 39 heavy (non-hydrogen) atoms. The van der Waals surface area contributed by atoms with E-state index in [1.54, 1.807) is 29.2 Å². The molecule has 0 aliphatic carbocycles. The topological polar surface area (TPSA) is 118 Å². The molecule has 2 N–H and O–H groups in total. The Balaban J connectivity index is 1.54. The molecule has 1 saturated heterocycles. The number of benzene rings is 2. The second-order valence-corrected chi connectivity index (χ2v) is 10.6. The van der Waals surface area contributed by atoms with Crippen LogP contribution in [0.2, 0.25) is 0 Å². The van der Waals surface area contributed by atoms with Crippen LogP contribution in [0.4, 0.5) is 0 Å². The average Bonchev–Trinajstić information content (AvgIpc) is 3.35. The second kappa shape index (κ2) is 11.5. The molecule has 1 aliphatic heterocycles. The van der Waals surface area contributed by atoms with E-state index in [4.69, 9.17) is 9.84 Å². The summed E-state index contributed by atoms with van der Waals surface area (Å²) in [6.07, 6.45) is 1.14. The lowest BCUT2D eigenvalue weighted by molar-refractivity contribution is -0.135. The molecule has 0 saturated carbocycles. The van der Waals surface area contributed by atoms with Crippen molar-refractivity contribution in [3.63, 3.8) is 0 Å². The molecule has 5 rings (SSSR count). The number of hydrogen-bond donors (Lipinski definition) is 2. The Morgan fingerprint density at radius 1 is 1.05 bits per heavy atom. The fourth-order valence-electron chi connectivity index (χ4n) is 5.13. The van der Waals surface area contributed by atoms with Gasteiger partial charge in [0, 0.05) is 42.8 Å². The Morgan fingerprint density at radius 2 is 1.74 bits per heavy atom. The molecule has 2 amide bonds. The van der Waals surface area contributed by atoms with E-state index in [-0.39, 0.29) is 42.4 Å². The molecule has 3 heterocycles. The lowest BCUT2D eigenvalue weighted by Crippen LogP contribution is -2.47. The number of thiophene rings is 1. The van der Waals surface area contributed by atoms with Crippen molar-refractivity contribution in [2.75, 3.05) is 26.8 Å². The number of hydrogen-bond acceptors (Lipinski definition) is 7. The maximum atomic E-state index is 13.9. The highest BCUT2D eigenvalue weighted by molar-refractivity contribution is 7.22. The number of aliphatic hydroxyl groups excluding tert-OH is 1. The van der Waals surface area contributed by atoms with E-state index >= 15 is 0 Å². The van der Waals surface area contributed by atoms with E-state index in [1.165, 1.54) is 23.0 Å². The number of nitrogens with zero attached hydrogens (tertiary/aromatic N) is 2. The molecular formula is C29H29N3O6S. The molecule has 10 heteroatoms. The van der Waals surface area contributed by atoms with Crippen molar-refractivity contribution in [3.05, 3.63) is 81.0 Å². The molecule has 9 nitrogen and oxygen atoms in total. The van der Waals surface area contributed by atoms with Gasteiger partial charge in [0.2, 0.25) is 5.91 Å². The van der Waals surface area contributed by atoms with Gasteiger partial charge < -0.3 is 20.1 Å². The number of Topliss-reactive ketones (excluding diaryl/α,β-unsaturated/α-hetero) is 1. The van der Waals surface area contributed by atoms with E-state index in [9.17, 15) is 19.2 Å². The van der Waals surface area contributed by atoms with Crippen LogP contribution in [-0.4, -0.2) is 65.0 Å². The van der Waals surface area contributed by atoms with Crippen LogP contribution in [0, 0.1) is 0 Å². The zero-order chi connectivity index (χ0) is 27.5. The highest BCUT2D eigenvalue weighted by atomic mass is 32.1. The van der Waals surface area contributed by atoms with Gasteiger partial charge in [-0.25, -0.2) is 0 Å². The third kappa shape index (κ3) is 5.23. The van der Waals surface area contributed by atoms with Crippen molar-refractivity contribution in [1.82, 2.24) is 14.8 Å². The van der Waals surface area contributed by atoms with Crippen LogP contribution in [0.1, 0.15) is 38.4 Å². The summed E-state index contributed by atoms with van der Waals surface area (Å²) in [5, 5.41) is 13.3. The quantitative estimate of drug-likeness (QED) is 0.328. The predicted molar refractivity (Wildman–Crippen MR) is 149 cm³/mol. The van der Waals surface area contributed by atoms with Crippen LogP contribution < -0.4 is 10.9 Å². The molecule has 0 radical (unpaired) electrons. The van der Waals surface area contributed by atoms with Crippen LogP contribution in [0.25, 0.3) is 21.0 Å². The van der Waals surface area contributed by atoms with E-state index in [0.717, 1.165) is 5.39 Å². The largest absolute Gasteiger partial charge is 0.387 e. The lowest BCUT2D eigenvalue weighted by atomic mass is 10.0. The number of ether oxygens (including phenoxy) is 1. The number of methoxy groups -OCH3 is 1. The predicted octanol–water partition coefficient (Wildman–Crippen LogP) is 2.96. The Hall–Kier alpha value is -3.86. The van der Waals surface area contributed by atoms with Gasteiger partial charge in [0.25, 0.3) is 11.5 Å². The first kappa shape index (κ1) is 26.7. The first-order valence-corrected chi connectivity index (χ1v) is 13.6. The third-order valence-electron chi connectivity index (χ3n) is 7.12. The molecule has 2 aromatic heterocycles. The van der Waals surface area contributed by atoms with Crippen LogP contribution in [0.5, 0.6) is 0 Å². The van der Waals surface area contributed by atoms with Gasteiger partial charge in [-0.3, -0.25) is 23.7 Å². The SMILES string of the molecule is COCc1c(C(=O)NC2CCN(C(=O)CO)CC2)sc2c1c(=O)n(CC(=O)c1ccccc1)c1ccccc21. The zero-order valence-corrected chi connectivity index (χ0v) is 22.3. The summed E-state index contributed by atoms with van der Waals surface area (Å²) < 4.78 is 7.59. The number of piperidine rings is 1. The number of ketones is 1. The summed E-state index contributed by atoms with van der Waals surface area (Å²) in [4.78, 5) is 54.3. The fourth-order valence-corrected chi connectivity index (χ4v) is 6.37. The standard InChI is InChI=1S/C29H29N3O6S/c1-38-17-21-25-26(39-27(21)28(36)30-19-11-13-31(14-12-19)24(35)16-33)20-9-5-6-10-22(20)32(29(25)37)15-23(34)18-7-3-2-4-8-18/h2-10,19,33H,11-17H2,1H3,(H,30,36). The van der Waals surface area contributed by atoms with Crippen molar-refractivity contribution >= 4 is 49.9 Å². The highest BCUT2D eigenvalue weighted by Crippen LogP contribution is 2.35. The molecule has 0 bridgehead atoms. The summed E-state index contributed by atoms with van der Waals surface area (Å²) in [7, 11) is 1.51. The van der Waals surface area contributed by atoms with Gasteiger partial charge in [-0.1, -0.05) is 48.5 Å². The van der Waals surface area contributed by atoms with Crippen molar-refractivity contribution in [1.29, 1.82) is 0 Å². The van der Waals surface area contributed by atoms with Gasteiger partial charge in [0.1, 0.15) is 6.61 Å². The lowest BCUT2D eigenvalue weighted by Gasteiger charge is -2.32. The molecule has 0 atom stereocenters. The number of amides is 2. The average molecular weight is 548 g/mol. The number of nitrogens with one attached hydrogen (secondary N) is 1. The smallest absolute Gasteiger partial charge is 0.261 e. The number of para-hydroxylation sites is 1. The monoisotopic (exact) mass is 547 g/mol. The molecular weight excluding hydrogens is 518 g/mol. The third-order valence-corrected chi connectivity index (χ3v) is 8.38. The number of likely N-dealkylation sites (tertiary alicyclic amines) is 1. The van der Waals surface area contributed by atoms with Crippen LogP contribution in [0.15, 0.2) is 59.4 Å². The minimum atomic E-state index is -0.526. The van der Waals surface area contributed by atoms with Gasteiger partial charge in [0.15, 0.2) is 5.78 Å². The number of carbonyl (C=O) groups is 3. The minimum absolute atomic E-state index is 0.0619. The van der Waals surface area contributed by atoms with E-state index in [0.29, 0.717) is 57.5 Å². The number of aromatic nitrogens is 1.